The van der Waals surface area contributed by atoms with Crippen molar-refractivity contribution in [3.8, 4) is 0 Å². The average molecular weight is 446 g/mol. The number of amides is 1. The molecule has 0 spiro atoms. The molecule has 2 heterocycles. The number of benzene rings is 2. The standard InChI is InChI=1S/C25H27N5OS/c1-15-6-9-20(10-7-15)13-22-18(4)26-24-28-25(29-30(24)19(22)5)32-14-23(31)27-21-11-8-16(2)17(3)12-21/h6-12H,13-14H2,1-5H3,(H,27,31). The van der Waals surface area contributed by atoms with Crippen LogP contribution < -0.4 is 5.32 Å². The lowest BCUT2D eigenvalue weighted by atomic mass is 10.0. The molecule has 4 aromatic rings. The topological polar surface area (TPSA) is 72.2 Å². The zero-order valence-corrected chi connectivity index (χ0v) is 19.9. The maximum absolute atomic E-state index is 12.4. The van der Waals surface area contributed by atoms with Gasteiger partial charge in [-0.15, -0.1) is 5.10 Å². The Hall–Kier alpha value is -3.19. The second-order valence-corrected chi connectivity index (χ2v) is 9.11. The van der Waals surface area contributed by atoms with Crippen LogP contribution in [-0.2, 0) is 11.2 Å². The van der Waals surface area contributed by atoms with Crippen molar-refractivity contribution in [3.05, 3.63) is 81.7 Å². The largest absolute Gasteiger partial charge is 0.325 e. The molecular weight excluding hydrogens is 418 g/mol. The molecule has 0 saturated carbocycles. The van der Waals surface area contributed by atoms with Crippen LogP contribution in [0.4, 0.5) is 5.69 Å². The van der Waals surface area contributed by atoms with E-state index in [2.05, 4.69) is 58.5 Å². The Morgan fingerprint density at radius 2 is 1.72 bits per heavy atom. The Balaban J connectivity index is 1.48. The molecule has 4 rings (SSSR count). The summed E-state index contributed by atoms with van der Waals surface area (Å²) in [6, 6.07) is 14.4. The van der Waals surface area contributed by atoms with Gasteiger partial charge in [-0.1, -0.05) is 47.7 Å². The van der Waals surface area contributed by atoms with E-state index in [-0.39, 0.29) is 11.7 Å². The average Bonchev–Trinajstić information content (AvgIpc) is 3.17. The number of aryl methyl sites for hydroxylation is 5. The normalized spacial score (nSPS) is 11.2. The first-order chi connectivity index (χ1) is 15.3. The number of nitrogens with zero attached hydrogens (tertiary/aromatic N) is 4. The van der Waals surface area contributed by atoms with Gasteiger partial charge < -0.3 is 5.32 Å². The molecule has 6 nitrogen and oxygen atoms in total. The fraction of sp³-hybridized carbons (Fsp3) is 0.280. The van der Waals surface area contributed by atoms with Crippen LogP contribution in [0.2, 0.25) is 0 Å². The Labute approximate surface area is 192 Å². The van der Waals surface area contributed by atoms with E-state index in [1.165, 1.54) is 28.5 Å². The second kappa shape index (κ2) is 9.12. The molecule has 164 valence electrons. The number of hydrogen-bond acceptors (Lipinski definition) is 5. The van der Waals surface area contributed by atoms with Crippen molar-refractivity contribution in [1.82, 2.24) is 19.6 Å². The van der Waals surface area contributed by atoms with Gasteiger partial charge in [0.2, 0.25) is 11.1 Å². The lowest BCUT2D eigenvalue weighted by molar-refractivity contribution is -0.113. The van der Waals surface area contributed by atoms with Gasteiger partial charge in [-0.3, -0.25) is 4.79 Å². The fourth-order valence-electron chi connectivity index (χ4n) is 3.56. The number of anilines is 1. The van der Waals surface area contributed by atoms with Gasteiger partial charge in [0.25, 0.3) is 5.78 Å². The van der Waals surface area contributed by atoms with Crippen LogP contribution in [0.25, 0.3) is 5.78 Å². The minimum Gasteiger partial charge on any atom is -0.325 e. The van der Waals surface area contributed by atoms with Gasteiger partial charge in [0, 0.05) is 23.5 Å². The van der Waals surface area contributed by atoms with E-state index in [4.69, 9.17) is 0 Å². The molecule has 0 fully saturated rings. The molecule has 1 N–H and O–H groups in total. The predicted molar refractivity (Wildman–Crippen MR) is 130 cm³/mol. The Morgan fingerprint density at radius 3 is 2.44 bits per heavy atom. The molecule has 0 atom stereocenters. The van der Waals surface area contributed by atoms with Crippen molar-refractivity contribution >= 4 is 29.1 Å². The Morgan fingerprint density at radius 1 is 0.969 bits per heavy atom. The molecule has 32 heavy (non-hydrogen) atoms. The number of carbonyl (C=O) groups is 1. The van der Waals surface area contributed by atoms with Crippen LogP contribution >= 0.6 is 11.8 Å². The highest BCUT2D eigenvalue weighted by atomic mass is 32.2. The smallest absolute Gasteiger partial charge is 0.253 e. The molecule has 2 aromatic heterocycles. The molecule has 0 saturated heterocycles. The maximum atomic E-state index is 12.4. The van der Waals surface area contributed by atoms with Crippen LogP contribution in [0.15, 0.2) is 47.6 Å². The molecule has 0 aliphatic carbocycles. The molecule has 2 aromatic carbocycles. The van der Waals surface area contributed by atoms with E-state index in [1.807, 2.05) is 39.0 Å². The summed E-state index contributed by atoms with van der Waals surface area (Å²) in [6.45, 7) is 10.2. The summed E-state index contributed by atoms with van der Waals surface area (Å²) in [5, 5.41) is 8.08. The number of nitrogens with one attached hydrogen (secondary N) is 1. The van der Waals surface area contributed by atoms with Gasteiger partial charge in [0.1, 0.15) is 0 Å². The number of thioether (sulfide) groups is 1. The molecule has 0 aliphatic rings. The molecule has 0 radical (unpaired) electrons. The molecular formula is C25H27N5OS. The third-order valence-corrected chi connectivity index (χ3v) is 6.49. The lowest BCUT2D eigenvalue weighted by Gasteiger charge is -2.10. The molecule has 0 bridgehead atoms. The van der Waals surface area contributed by atoms with Gasteiger partial charge in [-0.05, 0) is 69.0 Å². The minimum absolute atomic E-state index is 0.0852. The molecule has 1 amide bonds. The molecule has 0 aliphatic heterocycles. The van der Waals surface area contributed by atoms with Crippen LogP contribution in [0.1, 0.15) is 39.2 Å². The number of aromatic nitrogens is 4. The zero-order chi connectivity index (χ0) is 22.8. The summed E-state index contributed by atoms with van der Waals surface area (Å²) in [5.74, 6) is 0.709. The van der Waals surface area contributed by atoms with Gasteiger partial charge in [-0.2, -0.15) is 4.98 Å². The van der Waals surface area contributed by atoms with E-state index >= 15 is 0 Å². The highest BCUT2D eigenvalue weighted by Gasteiger charge is 2.15. The first-order valence-corrected chi connectivity index (χ1v) is 11.6. The minimum atomic E-state index is -0.0852. The van der Waals surface area contributed by atoms with E-state index in [0.717, 1.165) is 34.6 Å². The Bertz CT molecular complexity index is 1290. The van der Waals surface area contributed by atoms with Crippen molar-refractivity contribution in [2.75, 3.05) is 11.1 Å². The van der Waals surface area contributed by atoms with Crippen LogP contribution in [0.5, 0.6) is 0 Å². The first kappa shape index (κ1) is 22.0. The van der Waals surface area contributed by atoms with E-state index in [1.54, 1.807) is 4.52 Å². The summed E-state index contributed by atoms with van der Waals surface area (Å²) in [6.07, 6.45) is 0.793. The summed E-state index contributed by atoms with van der Waals surface area (Å²) < 4.78 is 1.78. The number of fused-ring (bicyclic) bond motifs is 1. The van der Waals surface area contributed by atoms with Crippen molar-refractivity contribution in [3.63, 3.8) is 0 Å². The zero-order valence-electron chi connectivity index (χ0n) is 19.1. The van der Waals surface area contributed by atoms with Crippen molar-refractivity contribution in [1.29, 1.82) is 0 Å². The highest BCUT2D eigenvalue weighted by Crippen LogP contribution is 2.21. The third kappa shape index (κ3) is 4.83. The van der Waals surface area contributed by atoms with Crippen molar-refractivity contribution in [2.45, 2.75) is 46.2 Å². The van der Waals surface area contributed by atoms with Gasteiger partial charge in [0.15, 0.2) is 0 Å². The van der Waals surface area contributed by atoms with Gasteiger partial charge >= 0.3 is 0 Å². The second-order valence-electron chi connectivity index (χ2n) is 8.17. The number of carbonyl (C=O) groups excluding carboxylic acids is 1. The SMILES string of the molecule is Cc1ccc(Cc2c(C)nc3nc(SCC(=O)Nc4ccc(C)c(C)c4)nn3c2C)cc1. The Kier molecular flexibility index (Phi) is 6.28. The van der Waals surface area contributed by atoms with Crippen molar-refractivity contribution in [2.24, 2.45) is 0 Å². The molecule has 7 heteroatoms. The first-order valence-electron chi connectivity index (χ1n) is 10.6. The third-order valence-electron chi connectivity index (χ3n) is 5.65. The summed E-state index contributed by atoms with van der Waals surface area (Å²) >= 11 is 1.31. The number of rotatable bonds is 6. The summed E-state index contributed by atoms with van der Waals surface area (Å²) in [7, 11) is 0. The van der Waals surface area contributed by atoms with Crippen LogP contribution in [0, 0.1) is 34.6 Å². The quantitative estimate of drug-likeness (QED) is 0.424. The number of hydrogen-bond donors (Lipinski definition) is 1. The summed E-state index contributed by atoms with van der Waals surface area (Å²) in [4.78, 5) is 21.6. The summed E-state index contributed by atoms with van der Waals surface area (Å²) in [5.41, 5.74) is 8.75. The van der Waals surface area contributed by atoms with E-state index in [0.29, 0.717) is 10.9 Å². The lowest BCUT2D eigenvalue weighted by Crippen LogP contribution is -2.14. The maximum Gasteiger partial charge on any atom is 0.253 e. The monoisotopic (exact) mass is 445 g/mol. The van der Waals surface area contributed by atoms with E-state index < -0.39 is 0 Å². The van der Waals surface area contributed by atoms with E-state index in [9.17, 15) is 4.79 Å². The van der Waals surface area contributed by atoms with Crippen LogP contribution in [-0.4, -0.2) is 31.2 Å². The van der Waals surface area contributed by atoms with Gasteiger partial charge in [-0.25, -0.2) is 9.50 Å². The van der Waals surface area contributed by atoms with Crippen LogP contribution in [0.3, 0.4) is 0 Å². The van der Waals surface area contributed by atoms with Gasteiger partial charge in [0.05, 0.1) is 5.75 Å². The highest BCUT2D eigenvalue weighted by molar-refractivity contribution is 7.99. The predicted octanol–water partition coefficient (Wildman–Crippen LogP) is 4.99. The van der Waals surface area contributed by atoms with Crippen molar-refractivity contribution < 1.29 is 4.79 Å². The molecule has 0 unspecified atom stereocenters. The fourth-order valence-corrected chi connectivity index (χ4v) is 4.18.